The van der Waals surface area contributed by atoms with E-state index in [1.54, 1.807) is 11.8 Å². The molecule has 1 amide bonds. The number of amides is 1. The number of benzene rings is 1. The zero-order valence-electron chi connectivity index (χ0n) is 12.3. The van der Waals surface area contributed by atoms with Crippen LogP contribution >= 0.6 is 11.8 Å². The van der Waals surface area contributed by atoms with Crippen molar-refractivity contribution in [3.8, 4) is 0 Å². The van der Waals surface area contributed by atoms with Crippen LogP contribution in [0.5, 0.6) is 0 Å². The molecule has 0 saturated heterocycles. The molecule has 1 unspecified atom stereocenters. The normalized spacial score (nSPS) is 12.4. The Hall–Kier alpha value is -1.00. The average Bonchev–Trinajstić information content (AvgIpc) is 2.43. The van der Waals surface area contributed by atoms with Gasteiger partial charge in [-0.1, -0.05) is 32.0 Å². The van der Waals surface area contributed by atoms with Crippen LogP contribution in [-0.4, -0.2) is 29.4 Å². The maximum Gasteiger partial charge on any atom is 0.220 e. The molecule has 20 heavy (non-hydrogen) atoms. The number of aliphatic hydroxyl groups is 1. The molecule has 0 aliphatic heterocycles. The van der Waals surface area contributed by atoms with Gasteiger partial charge in [0.25, 0.3) is 0 Å². The van der Waals surface area contributed by atoms with Gasteiger partial charge in [-0.05, 0) is 36.6 Å². The Labute approximate surface area is 126 Å². The molecule has 0 fully saturated rings. The Kier molecular flexibility index (Phi) is 8.38. The monoisotopic (exact) mass is 295 g/mol. The molecule has 1 aromatic rings. The van der Waals surface area contributed by atoms with Crippen LogP contribution in [0, 0.1) is 5.92 Å². The predicted octanol–water partition coefficient (Wildman–Crippen LogP) is 3.08. The van der Waals surface area contributed by atoms with Gasteiger partial charge in [0.15, 0.2) is 0 Å². The van der Waals surface area contributed by atoms with Crippen LogP contribution in [0.25, 0.3) is 0 Å². The summed E-state index contributed by atoms with van der Waals surface area (Å²) in [6.07, 6.45) is 2.20. The van der Waals surface area contributed by atoms with Crippen LogP contribution in [0.3, 0.4) is 0 Å². The third-order valence-corrected chi connectivity index (χ3v) is 4.00. The Morgan fingerprint density at radius 1 is 1.30 bits per heavy atom. The first-order valence-electron chi connectivity index (χ1n) is 7.20. The van der Waals surface area contributed by atoms with E-state index < -0.39 is 0 Å². The van der Waals surface area contributed by atoms with Crippen LogP contribution in [0.15, 0.2) is 35.2 Å². The quantitative estimate of drug-likeness (QED) is 0.544. The van der Waals surface area contributed by atoms with Crippen LogP contribution < -0.4 is 5.32 Å². The highest BCUT2D eigenvalue weighted by Crippen LogP contribution is 2.18. The number of carbonyl (C=O) groups is 1. The lowest BCUT2D eigenvalue weighted by atomic mass is 10.0. The number of aliphatic hydroxyl groups excluding tert-OH is 1. The standard InChI is InChI=1S/C16H25NO2S/c1-13(2)11-14(12-18)17-16(19)9-6-10-20-15-7-4-3-5-8-15/h3-5,7-8,13-14,18H,6,9-12H2,1-2H3,(H,17,19). The number of hydrogen-bond acceptors (Lipinski definition) is 3. The fourth-order valence-electron chi connectivity index (χ4n) is 1.99. The summed E-state index contributed by atoms with van der Waals surface area (Å²) in [5, 5.41) is 12.1. The second kappa shape index (κ2) is 9.83. The molecule has 4 heteroatoms. The SMILES string of the molecule is CC(C)CC(CO)NC(=O)CCCSc1ccccc1. The number of nitrogens with one attached hydrogen (secondary N) is 1. The summed E-state index contributed by atoms with van der Waals surface area (Å²) in [6.45, 7) is 4.19. The summed E-state index contributed by atoms with van der Waals surface area (Å²) < 4.78 is 0. The minimum absolute atomic E-state index is 0.0166. The van der Waals surface area contributed by atoms with Gasteiger partial charge in [0.2, 0.25) is 5.91 Å². The Bertz CT molecular complexity index is 381. The van der Waals surface area contributed by atoms with Gasteiger partial charge < -0.3 is 10.4 Å². The maximum absolute atomic E-state index is 11.8. The van der Waals surface area contributed by atoms with E-state index in [2.05, 4.69) is 31.3 Å². The van der Waals surface area contributed by atoms with Crippen LogP contribution in [0.4, 0.5) is 0 Å². The zero-order valence-corrected chi connectivity index (χ0v) is 13.2. The van der Waals surface area contributed by atoms with Crippen molar-refractivity contribution in [2.75, 3.05) is 12.4 Å². The van der Waals surface area contributed by atoms with Crippen LogP contribution in [0.1, 0.15) is 33.1 Å². The van der Waals surface area contributed by atoms with Crippen molar-refractivity contribution < 1.29 is 9.90 Å². The van der Waals surface area contributed by atoms with E-state index in [0.29, 0.717) is 12.3 Å². The second-order valence-corrected chi connectivity index (χ2v) is 6.51. The predicted molar refractivity (Wildman–Crippen MR) is 84.9 cm³/mol. The molecule has 0 radical (unpaired) electrons. The maximum atomic E-state index is 11.8. The van der Waals surface area contributed by atoms with E-state index in [-0.39, 0.29) is 18.6 Å². The topological polar surface area (TPSA) is 49.3 Å². The van der Waals surface area contributed by atoms with Gasteiger partial charge in [-0.15, -0.1) is 11.8 Å². The molecule has 1 atom stereocenters. The fraction of sp³-hybridized carbons (Fsp3) is 0.562. The van der Waals surface area contributed by atoms with Crippen molar-refractivity contribution in [2.24, 2.45) is 5.92 Å². The lowest BCUT2D eigenvalue weighted by Crippen LogP contribution is -2.38. The van der Waals surface area contributed by atoms with Crippen molar-refractivity contribution in [1.29, 1.82) is 0 Å². The summed E-state index contributed by atoms with van der Waals surface area (Å²) in [7, 11) is 0. The molecular formula is C16H25NO2S. The lowest BCUT2D eigenvalue weighted by Gasteiger charge is -2.18. The number of rotatable bonds is 9. The number of hydrogen-bond donors (Lipinski definition) is 2. The molecule has 1 rings (SSSR count). The lowest BCUT2D eigenvalue weighted by molar-refractivity contribution is -0.122. The zero-order chi connectivity index (χ0) is 14.8. The van der Waals surface area contributed by atoms with Crippen molar-refractivity contribution >= 4 is 17.7 Å². The Morgan fingerprint density at radius 3 is 2.60 bits per heavy atom. The van der Waals surface area contributed by atoms with Gasteiger partial charge in [0.05, 0.1) is 12.6 Å². The van der Waals surface area contributed by atoms with Gasteiger partial charge in [0.1, 0.15) is 0 Å². The molecule has 1 aromatic carbocycles. The second-order valence-electron chi connectivity index (χ2n) is 5.34. The average molecular weight is 295 g/mol. The minimum Gasteiger partial charge on any atom is -0.394 e. The highest BCUT2D eigenvalue weighted by Gasteiger charge is 2.12. The summed E-state index contributed by atoms with van der Waals surface area (Å²) in [6, 6.07) is 10.1. The van der Waals surface area contributed by atoms with Gasteiger partial charge in [-0.25, -0.2) is 0 Å². The highest BCUT2D eigenvalue weighted by molar-refractivity contribution is 7.99. The molecule has 0 spiro atoms. The first kappa shape index (κ1) is 17.1. The van der Waals surface area contributed by atoms with Crippen molar-refractivity contribution in [3.05, 3.63) is 30.3 Å². The third kappa shape index (κ3) is 7.56. The van der Waals surface area contributed by atoms with Gasteiger partial charge >= 0.3 is 0 Å². The Morgan fingerprint density at radius 2 is 2.00 bits per heavy atom. The molecule has 3 nitrogen and oxygen atoms in total. The van der Waals surface area contributed by atoms with E-state index >= 15 is 0 Å². The third-order valence-electron chi connectivity index (χ3n) is 2.90. The summed E-state index contributed by atoms with van der Waals surface area (Å²) in [5.74, 6) is 1.45. The molecule has 0 aliphatic rings. The molecule has 0 bridgehead atoms. The van der Waals surface area contributed by atoms with Gasteiger partial charge in [0, 0.05) is 11.3 Å². The van der Waals surface area contributed by atoms with E-state index in [1.807, 2.05) is 18.2 Å². The highest BCUT2D eigenvalue weighted by atomic mass is 32.2. The molecule has 0 saturated carbocycles. The minimum atomic E-state index is -0.107. The van der Waals surface area contributed by atoms with Crippen molar-refractivity contribution in [1.82, 2.24) is 5.32 Å². The fourth-order valence-corrected chi connectivity index (χ4v) is 2.86. The first-order chi connectivity index (χ1) is 9.61. The Balaban J connectivity index is 2.16. The molecule has 0 aromatic heterocycles. The molecular weight excluding hydrogens is 270 g/mol. The first-order valence-corrected chi connectivity index (χ1v) is 8.18. The molecule has 0 heterocycles. The van der Waals surface area contributed by atoms with Crippen molar-refractivity contribution in [3.63, 3.8) is 0 Å². The largest absolute Gasteiger partial charge is 0.394 e. The van der Waals surface area contributed by atoms with Crippen LogP contribution in [-0.2, 0) is 4.79 Å². The smallest absolute Gasteiger partial charge is 0.220 e. The van der Waals surface area contributed by atoms with E-state index in [9.17, 15) is 9.90 Å². The van der Waals surface area contributed by atoms with Gasteiger partial charge in [-0.2, -0.15) is 0 Å². The molecule has 112 valence electrons. The number of thioether (sulfide) groups is 1. The summed E-state index contributed by atoms with van der Waals surface area (Å²) in [4.78, 5) is 13.0. The number of carbonyl (C=O) groups excluding carboxylic acids is 1. The molecule has 0 aliphatic carbocycles. The van der Waals surface area contributed by atoms with E-state index in [4.69, 9.17) is 0 Å². The summed E-state index contributed by atoms with van der Waals surface area (Å²) in [5.41, 5.74) is 0. The van der Waals surface area contributed by atoms with Gasteiger partial charge in [-0.3, -0.25) is 4.79 Å². The summed E-state index contributed by atoms with van der Waals surface area (Å²) >= 11 is 1.77. The van der Waals surface area contributed by atoms with Crippen LogP contribution in [0.2, 0.25) is 0 Å². The molecule has 2 N–H and O–H groups in total. The van der Waals surface area contributed by atoms with E-state index in [1.165, 1.54) is 4.90 Å². The van der Waals surface area contributed by atoms with E-state index in [0.717, 1.165) is 18.6 Å². The van der Waals surface area contributed by atoms with Crippen molar-refractivity contribution in [2.45, 2.75) is 44.0 Å².